The Morgan fingerprint density at radius 2 is 1.87 bits per heavy atom. The van der Waals surface area contributed by atoms with Crippen LogP contribution >= 0.6 is 0 Å². The first-order chi connectivity index (χ1) is 14.5. The number of carbonyl (C=O) groups excluding carboxylic acids is 2. The van der Waals surface area contributed by atoms with E-state index in [-0.39, 0.29) is 5.91 Å². The molecule has 154 valence electrons. The van der Waals surface area contributed by atoms with Crippen LogP contribution in [-0.2, 0) is 16.1 Å². The van der Waals surface area contributed by atoms with Crippen LogP contribution in [0.2, 0.25) is 0 Å². The fourth-order valence-corrected chi connectivity index (χ4v) is 2.94. The van der Waals surface area contributed by atoms with Gasteiger partial charge in [-0.25, -0.2) is 4.79 Å². The van der Waals surface area contributed by atoms with E-state index < -0.39 is 12.1 Å². The summed E-state index contributed by atoms with van der Waals surface area (Å²) in [6.07, 6.45) is 2.30. The van der Waals surface area contributed by atoms with E-state index in [2.05, 4.69) is 17.0 Å². The highest BCUT2D eigenvalue weighted by molar-refractivity contribution is 5.97. The molecule has 0 unspecified atom stereocenters. The van der Waals surface area contributed by atoms with Gasteiger partial charge in [0.15, 0.2) is 6.10 Å². The van der Waals surface area contributed by atoms with Crippen molar-refractivity contribution < 1.29 is 14.3 Å². The number of hydrogen-bond acceptors (Lipinski definition) is 4. The van der Waals surface area contributed by atoms with Crippen LogP contribution in [0.25, 0.3) is 11.3 Å². The van der Waals surface area contributed by atoms with Crippen molar-refractivity contribution in [3.8, 4) is 11.3 Å². The highest BCUT2D eigenvalue weighted by Gasteiger charge is 2.24. The third-order valence-corrected chi connectivity index (χ3v) is 4.57. The highest BCUT2D eigenvalue weighted by atomic mass is 16.5. The molecule has 1 N–H and O–H groups in total. The minimum Gasteiger partial charge on any atom is -0.449 e. The van der Waals surface area contributed by atoms with Gasteiger partial charge in [-0.2, -0.15) is 5.10 Å². The summed E-state index contributed by atoms with van der Waals surface area (Å²) in [5, 5.41) is 7.25. The van der Waals surface area contributed by atoms with E-state index in [1.54, 1.807) is 17.0 Å². The first-order valence-electron chi connectivity index (χ1n) is 9.76. The minimum atomic E-state index is -0.930. The Hall–Kier alpha value is -3.67. The second kappa shape index (κ2) is 9.69. The number of carbonyl (C=O) groups is 2. The second-order valence-electron chi connectivity index (χ2n) is 7.02. The van der Waals surface area contributed by atoms with Crippen molar-refractivity contribution in [2.75, 3.05) is 6.54 Å². The molecule has 0 aliphatic carbocycles. The lowest BCUT2D eigenvalue weighted by Crippen LogP contribution is -2.35. The molecule has 1 aromatic heterocycles. The molecule has 0 aliphatic rings. The molecule has 0 spiro atoms. The highest BCUT2D eigenvalue weighted by Crippen LogP contribution is 2.24. The summed E-state index contributed by atoms with van der Waals surface area (Å²) in [6, 6.07) is 17.6. The Balaban J connectivity index is 1.88. The lowest BCUT2D eigenvalue weighted by Gasteiger charge is -2.12. The molecule has 3 aromatic rings. The number of esters is 1. The molecule has 0 radical (unpaired) electrons. The van der Waals surface area contributed by atoms with E-state index in [4.69, 9.17) is 4.74 Å². The molecule has 0 aliphatic heterocycles. The normalized spacial score (nSPS) is 11.5. The number of ether oxygens (including phenoxy) is 1. The van der Waals surface area contributed by atoms with E-state index in [9.17, 15) is 9.59 Å². The van der Waals surface area contributed by atoms with Crippen molar-refractivity contribution in [2.45, 2.75) is 26.5 Å². The molecule has 6 heteroatoms. The van der Waals surface area contributed by atoms with Gasteiger partial charge in [0.05, 0.1) is 6.54 Å². The van der Waals surface area contributed by atoms with Crippen LogP contribution in [0.5, 0.6) is 0 Å². The Kier molecular flexibility index (Phi) is 6.80. The smallest absolute Gasteiger partial charge is 0.342 e. The van der Waals surface area contributed by atoms with Gasteiger partial charge in [-0.05, 0) is 19.4 Å². The molecular weight excluding hydrogens is 378 g/mol. The fourth-order valence-electron chi connectivity index (χ4n) is 2.94. The second-order valence-corrected chi connectivity index (χ2v) is 7.02. The van der Waals surface area contributed by atoms with Gasteiger partial charge >= 0.3 is 5.97 Å². The molecule has 0 saturated heterocycles. The zero-order chi connectivity index (χ0) is 21.5. The van der Waals surface area contributed by atoms with Gasteiger partial charge in [0, 0.05) is 18.3 Å². The molecule has 0 fully saturated rings. The molecule has 6 nitrogen and oxygen atoms in total. The standard InChI is InChI=1S/C24H25N3O3/c1-4-14-25-23(28)18(3)30-24(29)21-16-27(15-19-8-6-5-7-9-19)26-22(21)20-12-10-17(2)11-13-20/h4-13,16,18H,1,14-15H2,2-3H3,(H,25,28)/t18-/m1/s1. The SMILES string of the molecule is C=CCNC(=O)[C@@H](C)OC(=O)c1cn(Cc2ccccc2)nc1-c1ccc(C)cc1. The molecular formula is C24H25N3O3. The number of nitrogens with zero attached hydrogens (tertiary/aromatic N) is 2. The number of aryl methyl sites for hydroxylation is 1. The van der Waals surface area contributed by atoms with Crippen molar-refractivity contribution in [2.24, 2.45) is 0 Å². The van der Waals surface area contributed by atoms with Gasteiger partial charge in [0.1, 0.15) is 11.3 Å². The largest absolute Gasteiger partial charge is 0.449 e. The molecule has 1 amide bonds. The zero-order valence-corrected chi connectivity index (χ0v) is 17.2. The third kappa shape index (κ3) is 5.23. The molecule has 1 atom stereocenters. The van der Waals surface area contributed by atoms with Crippen molar-refractivity contribution >= 4 is 11.9 Å². The minimum absolute atomic E-state index is 0.310. The van der Waals surface area contributed by atoms with Crippen LogP contribution in [0.1, 0.15) is 28.4 Å². The lowest BCUT2D eigenvalue weighted by atomic mass is 10.1. The average Bonchev–Trinajstić information content (AvgIpc) is 3.17. The number of nitrogens with one attached hydrogen (secondary N) is 1. The van der Waals surface area contributed by atoms with Crippen LogP contribution in [0.4, 0.5) is 0 Å². The van der Waals surface area contributed by atoms with E-state index in [0.717, 1.165) is 16.7 Å². The Morgan fingerprint density at radius 3 is 2.53 bits per heavy atom. The van der Waals surface area contributed by atoms with Crippen LogP contribution < -0.4 is 5.32 Å². The van der Waals surface area contributed by atoms with Gasteiger partial charge in [-0.1, -0.05) is 66.2 Å². The Bertz CT molecular complexity index is 1020. The van der Waals surface area contributed by atoms with Gasteiger partial charge in [-0.15, -0.1) is 6.58 Å². The first kappa shape index (κ1) is 21.0. The van der Waals surface area contributed by atoms with Crippen LogP contribution in [-0.4, -0.2) is 34.3 Å². The summed E-state index contributed by atoms with van der Waals surface area (Å²) in [5.74, 6) is -0.969. The van der Waals surface area contributed by atoms with E-state index >= 15 is 0 Å². The molecule has 0 bridgehead atoms. The average molecular weight is 403 g/mol. The summed E-state index contributed by atoms with van der Waals surface area (Å²) >= 11 is 0. The monoisotopic (exact) mass is 403 g/mol. The van der Waals surface area contributed by atoms with Gasteiger partial charge in [-0.3, -0.25) is 9.48 Å². The van der Waals surface area contributed by atoms with Crippen molar-refractivity contribution in [3.63, 3.8) is 0 Å². The lowest BCUT2D eigenvalue weighted by molar-refractivity contribution is -0.128. The predicted molar refractivity (Wildman–Crippen MR) is 116 cm³/mol. The number of rotatable bonds is 8. The van der Waals surface area contributed by atoms with Gasteiger partial charge in [0.25, 0.3) is 5.91 Å². The summed E-state index contributed by atoms with van der Waals surface area (Å²) in [4.78, 5) is 24.9. The van der Waals surface area contributed by atoms with Crippen molar-refractivity contribution in [3.05, 3.63) is 90.1 Å². The van der Waals surface area contributed by atoms with E-state index in [1.807, 2.05) is 61.5 Å². The maximum absolute atomic E-state index is 12.9. The van der Waals surface area contributed by atoms with Crippen LogP contribution in [0, 0.1) is 6.92 Å². The van der Waals surface area contributed by atoms with E-state index in [1.165, 1.54) is 6.92 Å². The fraction of sp³-hybridized carbons (Fsp3) is 0.208. The summed E-state index contributed by atoms with van der Waals surface area (Å²) in [5.41, 5.74) is 3.82. The Morgan fingerprint density at radius 1 is 1.17 bits per heavy atom. The molecule has 0 saturated carbocycles. The number of aromatic nitrogens is 2. The molecule has 30 heavy (non-hydrogen) atoms. The number of amides is 1. The zero-order valence-electron chi connectivity index (χ0n) is 17.2. The summed E-state index contributed by atoms with van der Waals surface area (Å²) in [7, 11) is 0. The van der Waals surface area contributed by atoms with Crippen LogP contribution in [0.15, 0.2) is 73.4 Å². The Labute approximate surface area is 176 Å². The van der Waals surface area contributed by atoms with Crippen molar-refractivity contribution in [1.29, 1.82) is 0 Å². The van der Waals surface area contributed by atoms with Crippen molar-refractivity contribution in [1.82, 2.24) is 15.1 Å². The number of benzene rings is 2. The summed E-state index contributed by atoms with van der Waals surface area (Å²) in [6.45, 7) is 7.92. The molecule has 3 rings (SSSR count). The van der Waals surface area contributed by atoms with E-state index in [0.29, 0.717) is 24.3 Å². The summed E-state index contributed by atoms with van der Waals surface area (Å²) < 4.78 is 7.12. The van der Waals surface area contributed by atoms with Crippen LogP contribution in [0.3, 0.4) is 0 Å². The topological polar surface area (TPSA) is 73.2 Å². The maximum atomic E-state index is 12.9. The first-order valence-corrected chi connectivity index (χ1v) is 9.76. The number of hydrogen-bond donors (Lipinski definition) is 1. The molecule has 2 aromatic carbocycles. The molecule has 1 heterocycles. The van der Waals surface area contributed by atoms with Gasteiger partial charge < -0.3 is 10.1 Å². The third-order valence-electron chi connectivity index (χ3n) is 4.57. The van der Waals surface area contributed by atoms with Gasteiger partial charge in [0.2, 0.25) is 0 Å². The quantitative estimate of drug-likeness (QED) is 0.459. The maximum Gasteiger partial charge on any atom is 0.342 e. The predicted octanol–water partition coefficient (Wildman–Crippen LogP) is 3.75.